The lowest BCUT2D eigenvalue weighted by atomic mass is 9.99. The van der Waals surface area contributed by atoms with E-state index in [4.69, 9.17) is 10.8 Å². The van der Waals surface area contributed by atoms with E-state index in [2.05, 4.69) is 10.3 Å². The molecule has 0 fully saturated rings. The van der Waals surface area contributed by atoms with Crippen LogP contribution in [-0.2, 0) is 11.3 Å². The first-order valence-corrected chi connectivity index (χ1v) is 6.17. The van der Waals surface area contributed by atoms with Gasteiger partial charge in [0.2, 0.25) is 5.91 Å². The second-order valence-electron chi connectivity index (χ2n) is 4.47. The van der Waals surface area contributed by atoms with E-state index >= 15 is 0 Å². The number of rotatable bonds is 6. The van der Waals surface area contributed by atoms with Crippen LogP contribution in [0.2, 0.25) is 0 Å². The fraction of sp³-hybridized carbons (Fsp3) is 0.462. The zero-order chi connectivity index (χ0) is 14.4. The Hall–Kier alpha value is -1.95. The summed E-state index contributed by atoms with van der Waals surface area (Å²) in [4.78, 5) is 26.5. The summed E-state index contributed by atoms with van der Waals surface area (Å²) in [6, 6.07) is 2.27. The van der Waals surface area contributed by atoms with Gasteiger partial charge in [0.1, 0.15) is 0 Å². The normalized spacial score (nSPS) is 13.6. The largest absolute Gasteiger partial charge is 0.478 e. The van der Waals surface area contributed by atoms with Crippen molar-refractivity contribution < 1.29 is 14.7 Å². The Bertz CT molecular complexity index is 462. The van der Waals surface area contributed by atoms with Gasteiger partial charge in [0.15, 0.2) is 0 Å². The molecular weight excluding hydrogens is 246 g/mol. The zero-order valence-electron chi connectivity index (χ0n) is 11.1. The average Bonchev–Trinajstić information content (AvgIpc) is 2.43. The third-order valence-electron chi connectivity index (χ3n) is 3.07. The molecule has 6 heteroatoms. The fourth-order valence-corrected chi connectivity index (χ4v) is 1.52. The minimum atomic E-state index is -1.02. The first-order chi connectivity index (χ1) is 8.95. The molecule has 0 aliphatic rings. The number of carbonyl (C=O) groups excluding carboxylic acids is 1. The highest BCUT2D eigenvalue weighted by atomic mass is 16.4. The Labute approximate surface area is 112 Å². The molecule has 2 unspecified atom stereocenters. The predicted octanol–water partition coefficient (Wildman–Crippen LogP) is 0.769. The summed E-state index contributed by atoms with van der Waals surface area (Å²) in [5.41, 5.74) is 6.42. The van der Waals surface area contributed by atoms with Gasteiger partial charge < -0.3 is 16.2 Å². The number of amides is 1. The number of aromatic carboxylic acids is 1. The van der Waals surface area contributed by atoms with Crippen molar-refractivity contribution >= 4 is 11.9 Å². The molecule has 0 saturated carbocycles. The van der Waals surface area contributed by atoms with Crippen molar-refractivity contribution in [1.82, 2.24) is 10.3 Å². The Morgan fingerprint density at radius 2 is 2.21 bits per heavy atom. The van der Waals surface area contributed by atoms with E-state index in [0.717, 1.165) is 6.42 Å². The summed E-state index contributed by atoms with van der Waals surface area (Å²) in [5.74, 6) is -1.18. The molecule has 0 saturated heterocycles. The molecular formula is C13H19N3O3. The lowest BCUT2D eigenvalue weighted by molar-refractivity contribution is -0.123. The molecule has 0 radical (unpaired) electrons. The maximum Gasteiger partial charge on any atom is 0.335 e. The van der Waals surface area contributed by atoms with Gasteiger partial charge in [0, 0.05) is 6.20 Å². The van der Waals surface area contributed by atoms with Crippen LogP contribution in [-0.4, -0.2) is 28.0 Å². The van der Waals surface area contributed by atoms with Gasteiger partial charge in [-0.15, -0.1) is 0 Å². The number of pyridine rings is 1. The van der Waals surface area contributed by atoms with Crippen LogP contribution in [0.5, 0.6) is 0 Å². The zero-order valence-corrected chi connectivity index (χ0v) is 11.1. The molecule has 4 N–H and O–H groups in total. The second kappa shape index (κ2) is 6.84. The van der Waals surface area contributed by atoms with Crippen molar-refractivity contribution in [3.8, 4) is 0 Å². The molecule has 2 atom stereocenters. The Balaban J connectivity index is 2.59. The molecule has 1 aromatic rings. The molecule has 1 amide bonds. The minimum absolute atomic E-state index is 0.0957. The molecule has 19 heavy (non-hydrogen) atoms. The third kappa shape index (κ3) is 4.33. The Morgan fingerprint density at radius 3 is 2.79 bits per heavy atom. The molecule has 104 valence electrons. The number of carboxylic acid groups (broad SMARTS) is 1. The molecule has 6 nitrogen and oxygen atoms in total. The van der Waals surface area contributed by atoms with Crippen LogP contribution in [0.1, 0.15) is 36.3 Å². The molecule has 1 aromatic heterocycles. The van der Waals surface area contributed by atoms with Crippen LogP contribution in [0.4, 0.5) is 0 Å². The lowest BCUT2D eigenvalue weighted by Gasteiger charge is -2.17. The van der Waals surface area contributed by atoms with Gasteiger partial charge in [-0.3, -0.25) is 9.78 Å². The predicted molar refractivity (Wildman–Crippen MR) is 70.5 cm³/mol. The van der Waals surface area contributed by atoms with E-state index in [0.29, 0.717) is 5.69 Å². The van der Waals surface area contributed by atoms with Gasteiger partial charge in [0.05, 0.1) is 23.8 Å². The number of aromatic nitrogens is 1. The van der Waals surface area contributed by atoms with Gasteiger partial charge in [-0.1, -0.05) is 20.3 Å². The molecule has 0 aromatic carbocycles. The number of nitrogens with two attached hydrogens (primary N) is 1. The van der Waals surface area contributed by atoms with Gasteiger partial charge in [-0.2, -0.15) is 0 Å². The summed E-state index contributed by atoms with van der Waals surface area (Å²) >= 11 is 0. The SMILES string of the molecule is CCC(C)C(N)C(=O)NCc1cc(C(=O)O)ccn1. The molecule has 0 aliphatic carbocycles. The number of hydrogen-bond acceptors (Lipinski definition) is 4. The number of hydrogen-bond donors (Lipinski definition) is 3. The summed E-state index contributed by atoms with van der Waals surface area (Å²) < 4.78 is 0. The molecule has 0 spiro atoms. The van der Waals surface area contributed by atoms with Crippen molar-refractivity contribution in [2.75, 3.05) is 0 Å². The van der Waals surface area contributed by atoms with Crippen molar-refractivity contribution in [3.63, 3.8) is 0 Å². The smallest absolute Gasteiger partial charge is 0.335 e. The monoisotopic (exact) mass is 265 g/mol. The summed E-state index contributed by atoms with van der Waals surface area (Å²) in [6.07, 6.45) is 2.22. The first-order valence-electron chi connectivity index (χ1n) is 6.17. The Kier molecular flexibility index (Phi) is 5.44. The summed E-state index contributed by atoms with van der Waals surface area (Å²) in [6.45, 7) is 4.05. The highest BCUT2D eigenvalue weighted by Gasteiger charge is 2.19. The van der Waals surface area contributed by atoms with Crippen molar-refractivity contribution in [2.45, 2.75) is 32.9 Å². The number of carboxylic acids is 1. The van der Waals surface area contributed by atoms with E-state index in [1.807, 2.05) is 13.8 Å². The summed E-state index contributed by atoms with van der Waals surface area (Å²) in [7, 11) is 0. The van der Waals surface area contributed by atoms with E-state index in [-0.39, 0.29) is 23.9 Å². The van der Waals surface area contributed by atoms with Crippen molar-refractivity contribution in [2.24, 2.45) is 11.7 Å². The van der Waals surface area contributed by atoms with E-state index < -0.39 is 12.0 Å². The van der Waals surface area contributed by atoms with E-state index in [1.54, 1.807) is 0 Å². The van der Waals surface area contributed by atoms with E-state index in [9.17, 15) is 9.59 Å². The number of nitrogens with zero attached hydrogens (tertiary/aromatic N) is 1. The number of nitrogens with one attached hydrogen (secondary N) is 1. The lowest BCUT2D eigenvalue weighted by Crippen LogP contribution is -2.44. The van der Waals surface area contributed by atoms with Gasteiger partial charge >= 0.3 is 5.97 Å². The van der Waals surface area contributed by atoms with Crippen LogP contribution >= 0.6 is 0 Å². The standard InChI is InChI=1S/C13H19N3O3/c1-3-8(2)11(14)12(17)16-7-10-6-9(13(18)19)4-5-15-10/h4-6,8,11H,3,7,14H2,1-2H3,(H,16,17)(H,18,19). The summed E-state index contributed by atoms with van der Waals surface area (Å²) in [5, 5.41) is 11.5. The highest BCUT2D eigenvalue weighted by molar-refractivity contribution is 5.87. The van der Waals surface area contributed by atoms with Crippen LogP contribution < -0.4 is 11.1 Å². The fourth-order valence-electron chi connectivity index (χ4n) is 1.52. The minimum Gasteiger partial charge on any atom is -0.478 e. The molecule has 1 rings (SSSR count). The van der Waals surface area contributed by atoms with Crippen LogP contribution in [0.15, 0.2) is 18.3 Å². The molecule has 1 heterocycles. The molecule has 0 aliphatic heterocycles. The van der Waals surface area contributed by atoms with Gasteiger partial charge in [-0.05, 0) is 18.1 Å². The first kappa shape index (κ1) is 15.1. The quantitative estimate of drug-likeness (QED) is 0.704. The average molecular weight is 265 g/mol. The third-order valence-corrected chi connectivity index (χ3v) is 3.07. The van der Waals surface area contributed by atoms with Crippen molar-refractivity contribution in [1.29, 1.82) is 0 Å². The van der Waals surface area contributed by atoms with Crippen molar-refractivity contribution in [3.05, 3.63) is 29.6 Å². The van der Waals surface area contributed by atoms with Crippen LogP contribution in [0, 0.1) is 5.92 Å². The Morgan fingerprint density at radius 1 is 1.53 bits per heavy atom. The van der Waals surface area contributed by atoms with Gasteiger partial charge in [0.25, 0.3) is 0 Å². The maximum atomic E-state index is 11.8. The molecule has 0 bridgehead atoms. The van der Waals surface area contributed by atoms with E-state index in [1.165, 1.54) is 18.3 Å². The highest BCUT2D eigenvalue weighted by Crippen LogP contribution is 2.06. The van der Waals surface area contributed by atoms with Gasteiger partial charge in [-0.25, -0.2) is 4.79 Å². The maximum absolute atomic E-state index is 11.8. The van der Waals surface area contributed by atoms with Crippen LogP contribution in [0.25, 0.3) is 0 Å². The topological polar surface area (TPSA) is 105 Å². The second-order valence-corrected chi connectivity index (χ2v) is 4.47. The number of carbonyl (C=O) groups is 2. The van der Waals surface area contributed by atoms with Crippen LogP contribution in [0.3, 0.4) is 0 Å².